The number of H-pyrrole nitrogens is 2. The van der Waals surface area contributed by atoms with E-state index in [0.717, 1.165) is 0 Å². The SMILES string of the molecule is Cn1cc(C(=O)Nc2ccc(C(=O)c3ccc4[nH]c(O)c(C=Nc5ccn[nH]5)c4c3)cc2)cn1. The van der Waals surface area contributed by atoms with Gasteiger partial charge in [-0.25, -0.2) is 4.99 Å². The lowest BCUT2D eigenvalue weighted by Gasteiger charge is -2.06. The number of aliphatic imine (C=N–C) groups is 1. The molecule has 0 unspecified atom stereocenters. The molecule has 3 heterocycles. The van der Waals surface area contributed by atoms with Crippen LogP contribution in [0.1, 0.15) is 31.8 Å². The summed E-state index contributed by atoms with van der Waals surface area (Å²) >= 11 is 0. The molecular formula is C24H19N7O3. The average molecular weight is 453 g/mol. The number of nitrogens with one attached hydrogen (secondary N) is 3. The number of ketones is 1. The molecule has 10 nitrogen and oxygen atoms in total. The van der Waals surface area contributed by atoms with Gasteiger partial charge in [0.05, 0.1) is 23.5 Å². The lowest BCUT2D eigenvalue weighted by Crippen LogP contribution is -2.11. The number of aromatic amines is 2. The monoisotopic (exact) mass is 453 g/mol. The molecule has 0 spiro atoms. The van der Waals surface area contributed by atoms with Crippen LogP contribution in [0.25, 0.3) is 10.9 Å². The number of carbonyl (C=O) groups excluding carboxylic acids is 2. The van der Waals surface area contributed by atoms with E-state index < -0.39 is 0 Å². The van der Waals surface area contributed by atoms with E-state index in [4.69, 9.17) is 0 Å². The van der Waals surface area contributed by atoms with Crippen molar-refractivity contribution in [2.24, 2.45) is 12.0 Å². The number of anilines is 1. The van der Waals surface area contributed by atoms with E-state index in [1.54, 1.807) is 72.7 Å². The van der Waals surface area contributed by atoms with Crippen molar-refractivity contribution in [3.63, 3.8) is 0 Å². The van der Waals surface area contributed by atoms with Crippen LogP contribution in [0.3, 0.4) is 0 Å². The molecule has 0 saturated heterocycles. The summed E-state index contributed by atoms with van der Waals surface area (Å²) in [6, 6.07) is 13.5. The summed E-state index contributed by atoms with van der Waals surface area (Å²) in [5.41, 5.74) is 3.06. The topological polar surface area (TPSA) is 141 Å². The highest BCUT2D eigenvalue weighted by atomic mass is 16.3. The van der Waals surface area contributed by atoms with Gasteiger partial charge in [-0.1, -0.05) is 0 Å². The van der Waals surface area contributed by atoms with E-state index in [9.17, 15) is 14.7 Å². The Hall–Kier alpha value is -4.99. The Balaban J connectivity index is 1.37. The van der Waals surface area contributed by atoms with Gasteiger partial charge < -0.3 is 15.4 Å². The highest BCUT2D eigenvalue weighted by Gasteiger charge is 2.15. The molecule has 5 rings (SSSR count). The number of nitrogens with zero attached hydrogens (tertiary/aromatic N) is 4. The molecule has 1 amide bonds. The smallest absolute Gasteiger partial charge is 0.258 e. The fourth-order valence-corrected chi connectivity index (χ4v) is 3.54. The molecule has 0 aliphatic heterocycles. The van der Waals surface area contributed by atoms with E-state index >= 15 is 0 Å². The van der Waals surface area contributed by atoms with Crippen LogP contribution in [0.5, 0.6) is 5.88 Å². The second kappa shape index (κ2) is 8.51. The fourth-order valence-electron chi connectivity index (χ4n) is 3.54. The number of carbonyl (C=O) groups is 2. The molecule has 0 bridgehead atoms. The first-order valence-corrected chi connectivity index (χ1v) is 10.3. The van der Waals surface area contributed by atoms with Crippen LogP contribution in [-0.4, -0.2) is 48.0 Å². The zero-order valence-corrected chi connectivity index (χ0v) is 18.0. The van der Waals surface area contributed by atoms with Crippen molar-refractivity contribution in [3.8, 4) is 5.88 Å². The first-order valence-electron chi connectivity index (χ1n) is 10.3. The van der Waals surface area contributed by atoms with E-state index in [-0.39, 0.29) is 17.6 Å². The fraction of sp³-hybridized carbons (Fsp3) is 0.0417. The summed E-state index contributed by atoms with van der Waals surface area (Å²) < 4.78 is 1.55. The number of rotatable bonds is 6. The highest BCUT2D eigenvalue weighted by molar-refractivity contribution is 6.12. The van der Waals surface area contributed by atoms with Crippen LogP contribution in [-0.2, 0) is 7.05 Å². The normalized spacial score (nSPS) is 11.3. The Morgan fingerprint density at radius 2 is 1.88 bits per heavy atom. The molecule has 0 fully saturated rings. The third-order valence-electron chi connectivity index (χ3n) is 5.27. The molecule has 168 valence electrons. The molecule has 2 aromatic carbocycles. The van der Waals surface area contributed by atoms with Gasteiger partial charge in [0.2, 0.25) is 0 Å². The molecule has 5 aromatic rings. The largest absolute Gasteiger partial charge is 0.494 e. The zero-order valence-electron chi connectivity index (χ0n) is 18.0. The minimum absolute atomic E-state index is 0.0448. The van der Waals surface area contributed by atoms with Gasteiger partial charge in [-0.2, -0.15) is 10.2 Å². The summed E-state index contributed by atoms with van der Waals surface area (Å²) in [4.78, 5) is 32.5. The highest BCUT2D eigenvalue weighted by Crippen LogP contribution is 2.28. The molecule has 0 atom stereocenters. The maximum atomic E-state index is 13.1. The average Bonchev–Trinajstić information content (AvgIpc) is 3.57. The number of aromatic nitrogens is 5. The third kappa shape index (κ3) is 4.07. The standard InChI is InChI=1S/C24H19N7O3/c1-31-13-16(11-27-31)23(33)28-17-5-2-14(3-6-17)22(32)15-4-7-20-18(10-15)19(24(34)29-20)12-25-21-8-9-26-30-21/h2-13,29,34H,1H3,(H,26,30)(H,28,33). The Labute approximate surface area is 193 Å². The van der Waals surface area contributed by atoms with Crippen LogP contribution in [0.2, 0.25) is 0 Å². The van der Waals surface area contributed by atoms with Crippen molar-refractivity contribution in [2.45, 2.75) is 0 Å². The van der Waals surface area contributed by atoms with Gasteiger partial charge in [-0.3, -0.25) is 19.4 Å². The lowest BCUT2D eigenvalue weighted by molar-refractivity contribution is 0.102. The minimum atomic E-state index is -0.283. The summed E-state index contributed by atoms with van der Waals surface area (Å²) in [6.45, 7) is 0. The molecule has 0 radical (unpaired) electrons. The number of fused-ring (bicyclic) bond motifs is 1. The van der Waals surface area contributed by atoms with Gasteiger partial charge >= 0.3 is 0 Å². The van der Waals surface area contributed by atoms with E-state index in [2.05, 4.69) is 30.6 Å². The third-order valence-corrected chi connectivity index (χ3v) is 5.27. The van der Waals surface area contributed by atoms with E-state index in [0.29, 0.717) is 44.7 Å². The van der Waals surface area contributed by atoms with Crippen LogP contribution < -0.4 is 5.32 Å². The summed E-state index contributed by atoms with van der Waals surface area (Å²) in [5.74, 6) is 0.0201. The molecule has 0 saturated carbocycles. The second-order valence-electron chi connectivity index (χ2n) is 7.61. The Kier molecular flexibility index (Phi) is 5.23. The van der Waals surface area contributed by atoms with E-state index in [1.165, 1.54) is 12.4 Å². The summed E-state index contributed by atoms with van der Waals surface area (Å²) in [6.07, 6.45) is 6.19. The van der Waals surface area contributed by atoms with Crippen molar-refractivity contribution in [2.75, 3.05) is 5.32 Å². The molecule has 3 aromatic heterocycles. The lowest BCUT2D eigenvalue weighted by atomic mass is 10.0. The van der Waals surface area contributed by atoms with Gasteiger partial charge in [-0.15, -0.1) is 0 Å². The summed E-state index contributed by atoms with van der Waals surface area (Å²) in [5, 5.41) is 24.3. The predicted octanol–water partition coefficient (Wildman–Crippen LogP) is 3.56. The molecule has 10 heteroatoms. The van der Waals surface area contributed by atoms with Crippen molar-refractivity contribution in [3.05, 3.63) is 89.4 Å². The number of benzene rings is 2. The molecular weight excluding hydrogens is 434 g/mol. The first kappa shape index (κ1) is 20.9. The van der Waals surface area contributed by atoms with Crippen molar-refractivity contribution in [1.29, 1.82) is 0 Å². The number of aromatic hydroxyl groups is 1. The Morgan fingerprint density at radius 3 is 2.59 bits per heavy atom. The maximum absolute atomic E-state index is 13.1. The molecule has 0 aliphatic carbocycles. The van der Waals surface area contributed by atoms with Gasteiger partial charge in [0.15, 0.2) is 11.7 Å². The Bertz CT molecular complexity index is 1530. The minimum Gasteiger partial charge on any atom is -0.494 e. The van der Waals surface area contributed by atoms with Gasteiger partial charge in [0, 0.05) is 53.2 Å². The van der Waals surface area contributed by atoms with Gasteiger partial charge in [0.25, 0.3) is 5.91 Å². The maximum Gasteiger partial charge on any atom is 0.258 e. The van der Waals surface area contributed by atoms with Gasteiger partial charge in [-0.05, 0) is 42.5 Å². The molecule has 0 aliphatic rings. The zero-order chi connectivity index (χ0) is 23.7. The van der Waals surface area contributed by atoms with Gasteiger partial charge in [0.1, 0.15) is 5.82 Å². The molecule has 34 heavy (non-hydrogen) atoms. The Morgan fingerprint density at radius 1 is 1.09 bits per heavy atom. The number of amides is 1. The second-order valence-corrected chi connectivity index (χ2v) is 7.61. The number of hydrogen-bond donors (Lipinski definition) is 4. The predicted molar refractivity (Wildman–Crippen MR) is 127 cm³/mol. The molecule has 4 N–H and O–H groups in total. The number of aryl methyl sites for hydroxylation is 1. The quantitative estimate of drug-likeness (QED) is 0.230. The van der Waals surface area contributed by atoms with E-state index in [1.807, 2.05) is 0 Å². The van der Waals surface area contributed by atoms with Crippen LogP contribution >= 0.6 is 0 Å². The van der Waals surface area contributed by atoms with Crippen LogP contribution in [0.15, 0.2) is 72.1 Å². The van der Waals surface area contributed by atoms with Crippen LogP contribution in [0, 0.1) is 0 Å². The summed E-state index contributed by atoms with van der Waals surface area (Å²) in [7, 11) is 1.73. The van der Waals surface area contributed by atoms with Crippen molar-refractivity contribution < 1.29 is 14.7 Å². The first-order chi connectivity index (χ1) is 16.5. The van der Waals surface area contributed by atoms with Crippen LogP contribution in [0.4, 0.5) is 11.5 Å². The van der Waals surface area contributed by atoms with Crippen molar-refractivity contribution >= 4 is 40.3 Å². The number of hydrogen-bond acceptors (Lipinski definition) is 6. The van der Waals surface area contributed by atoms with Crippen molar-refractivity contribution in [1.82, 2.24) is 25.0 Å².